The molecule has 1 fully saturated rings. The van der Waals surface area contributed by atoms with Gasteiger partial charge in [0.25, 0.3) is 0 Å². The Hall–Kier alpha value is -2.28. The molecule has 0 amide bonds. The average Bonchev–Trinajstić information content (AvgIpc) is 3.24. The third-order valence-corrected chi connectivity index (χ3v) is 7.24. The van der Waals surface area contributed by atoms with Gasteiger partial charge in [-0.3, -0.25) is 4.90 Å². The standard InChI is InChI=1S/C23H25FN2O2S/c1-17-11-12-19(24)15-23(17)29(27,28)25-16-22(26-13-4-5-14-26)21-10-6-8-18-7-2-3-9-20(18)21/h2-3,6-12,15,22,25H,4-5,13-14,16H2,1H3/t22-/m0/s1. The summed E-state index contributed by atoms with van der Waals surface area (Å²) in [5.74, 6) is -0.555. The van der Waals surface area contributed by atoms with Gasteiger partial charge in [0.05, 0.1) is 4.90 Å². The van der Waals surface area contributed by atoms with Crippen LogP contribution in [0.1, 0.15) is 30.0 Å². The van der Waals surface area contributed by atoms with Crippen LogP contribution in [0.2, 0.25) is 0 Å². The molecule has 0 aliphatic carbocycles. The van der Waals surface area contributed by atoms with Crippen LogP contribution in [0.25, 0.3) is 10.8 Å². The molecule has 1 atom stereocenters. The molecule has 4 nitrogen and oxygen atoms in total. The lowest BCUT2D eigenvalue weighted by atomic mass is 9.98. The summed E-state index contributed by atoms with van der Waals surface area (Å²) in [5, 5.41) is 2.27. The number of rotatable bonds is 6. The molecule has 1 heterocycles. The van der Waals surface area contributed by atoms with Crippen LogP contribution in [0.5, 0.6) is 0 Å². The molecule has 29 heavy (non-hydrogen) atoms. The van der Waals surface area contributed by atoms with E-state index in [1.807, 2.05) is 18.2 Å². The Bertz CT molecular complexity index is 1120. The maximum Gasteiger partial charge on any atom is 0.240 e. The summed E-state index contributed by atoms with van der Waals surface area (Å²) in [4.78, 5) is 2.33. The van der Waals surface area contributed by atoms with Gasteiger partial charge in [0.15, 0.2) is 0 Å². The molecule has 0 spiro atoms. The van der Waals surface area contributed by atoms with Crippen LogP contribution in [0.15, 0.2) is 65.6 Å². The van der Waals surface area contributed by atoms with Crippen molar-refractivity contribution in [3.05, 3.63) is 77.6 Å². The summed E-state index contributed by atoms with van der Waals surface area (Å²) < 4.78 is 42.3. The SMILES string of the molecule is Cc1ccc(F)cc1S(=O)(=O)NC[C@@H](c1cccc2ccccc12)N1CCCC1. The molecule has 0 bridgehead atoms. The maximum atomic E-state index is 13.7. The highest BCUT2D eigenvalue weighted by atomic mass is 32.2. The number of benzene rings is 3. The Morgan fingerprint density at radius 1 is 1.03 bits per heavy atom. The molecule has 1 saturated heterocycles. The number of likely N-dealkylation sites (tertiary alicyclic amines) is 1. The molecule has 0 saturated carbocycles. The van der Waals surface area contributed by atoms with Gasteiger partial charge in [0.2, 0.25) is 10.0 Å². The number of aryl methyl sites for hydroxylation is 1. The predicted octanol–water partition coefficient (Wildman–Crippen LogP) is 4.40. The fourth-order valence-electron chi connectivity index (χ4n) is 4.16. The molecule has 1 N–H and O–H groups in total. The van der Waals surface area contributed by atoms with E-state index in [2.05, 4.69) is 33.9 Å². The molecule has 1 aliphatic heterocycles. The minimum atomic E-state index is -3.82. The van der Waals surface area contributed by atoms with Crippen LogP contribution in [-0.2, 0) is 10.0 Å². The fourth-order valence-corrected chi connectivity index (χ4v) is 5.45. The predicted molar refractivity (Wildman–Crippen MR) is 114 cm³/mol. The van der Waals surface area contributed by atoms with Gasteiger partial charge in [-0.2, -0.15) is 0 Å². The second kappa shape index (κ2) is 8.22. The third kappa shape index (κ3) is 4.20. The van der Waals surface area contributed by atoms with Crippen LogP contribution >= 0.6 is 0 Å². The van der Waals surface area contributed by atoms with Crippen molar-refractivity contribution in [2.75, 3.05) is 19.6 Å². The normalized spacial score (nSPS) is 16.3. The lowest BCUT2D eigenvalue weighted by Crippen LogP contribution is -2.37. The Labute approximate surface area is 171 Å². The largest absolute Gasteiger partial charge is 0.295 e. The summed E-state index contributed by atoms with van der Waals surface area (Å²) in [5.41, 5.74) is 1.64. The molecule has 152 valence electrons. The fraction of sp³-hybridized carbons (Fsp3) is 0.304. The van der Waals surface area contributed by atoms with Crippen LogP contribution in [-0.4, -0.2) is 33.0 Å². The lowest BCUT2D eigenvalue weighted by Gasteiger charge is -2.29. The van der Waals surface area contributed by atoms with E-state index in [9.17, 15) is 12.8 Å². The van der Waals surface area contributed by atoms with Gasteiger partial charge in [-0.15, -0.1) is 0 Å². The van der Waals surface area contributed by atoms with Crippen molar-refractivity contribution in [3.63, 3.8) is 0 Å². The summed E-state index contributed by atoms with van der Waals surface area (Å²) in [7, 11) is -3.82. The molecule has 3 aromatic carbocycles. The first-order valence-corrected chi connectivity index (χ1v) is 11.4. The first-order valence-electron chi connectivity index (χ1n) is 9.93. The number of hydrogen-bond acceptors (Lipinski definition) is 3. The van der Waals surface area contributed by atoms with Crippen molar-refractivity contribution < 1.29 is 12.8 Å². The molecule has 0 aromatic heterocycles. The van der Waals surface area contributed by atoms with Crippen LogP contribution < -0.4 is 4.72 Å². The highest BCUT2D eigenvalue weighted by Gasteiger charge is 2.27. The van der Waals surface area contributed by atoms with E-state index in [4.69, 9.17) is 0 Å². The molecule has 3 aromatic rings. The first kappa shape index (κ1) is 20.0. The summed E-state index contributed by atoms with van der Waals surface area (Å²) >= 11 is 0. The van der Waals surface area contributed by atoms with Crippen LogP contribution in [0.3, 0.4) is 0 Å². The second-order valence-electron chi connectivity index (χ2n) is 7.59. The van der Waals surface area contributed by atoms with Crippen molar-refractivity contribution >= 4 is 20.8 Å². The minimum absolute atomic E-state index is 0.00408. The third-order valence-electron chi connectivity index (χ3n) is 5.67. The van der Waals surface area contributed by atoms with E-state index in [1.165, 1.54) is 12.1 Å². The zero-order valence-corrected chi connectivity index (χ0v) is 17.3. The number of nitrogens with zero attached hydrogens (tertiary/aromatic N) is 1. The summed E-state index contributed by atoms with van der Waals surface area (Å²) in [6, 6.07) is 18.1. The highest BCUT2D eigenvalue weighted by molar-refractivity contribution is 7.89. The van der Waals surface area contributed by atoms with Crippen molar-refractivity contribution in [2.24, 2.45) is 0 Å². The number of fused-ring (bicyclic) bond motifs is 1. The first-order chi connectivity index (χ1) is 14.0. The quantitative estimate of drug-likeness (QED) is 0.653. The molecule has 0 radical (unpaired) electrons. The van der Waals surface area contributed by atoms with Gasteiger partial charge in [0.1, 0.15) is 5.82 Å². The van der Waals surface area contributed by atoms with E-state index < -0.39 is 15.8 Å². The van der Waals surface area contributed by atoms with Gasteiger partial charge >= 0.3 is 0 Å². The van der Waals surface area contributed by atoms with E-state index in [-0.39, 0.29) is 17.5 Å². The minimum Gasteiger partial charge on any atom is -0.295 e. The lowest BCUT2D eigenvalue weighted by molar-refractivity contribution is 0.248. The van der Waals surface area contributed by atoms with Crippen LogP contribution in [0, 0.1) is 12.7 Å². The molecule has 6 heteroatoms. The van der Waals surface area contributed by atoms with E-state index >= 15 is 0 Å². The molecular formula is C23H25FN2O2S. The van der Waals surface area contributed by atoms with Gasteiger partial charge < -0.3 is 0 Å². The number of nitrogens with one attached hydrogen (secondary N) is 1. The van der Waals surface area contributed by atoms with E-state index in [1.54, 1.807) is 6.92 Å². The smallest absolute Gasteiger partial charge is 0.240 e. The Morgan fingerprint density at radius 3 is 2.55 bits per heavy atom. The molecule has 4 rings (SSSR count). The topological polar surface area (TPSA) is 49.4 Å². The average molecular weight is 413 g/mol. The van der Waals surface area contributed by atoms with Crippen LogP contribution in [0.4, 0.5) is 4.39 Å². The second-order valence-corrected chi connectivity index (χ2v) is 9.32. The van der Waals surface area contributed by atoms with Gasteiger partial charge in [-0.05, 0) is 66.9 Å². The Kier molecular flexibility index (Phi) is 5.67. The zero-order chi connectivity index (χ0) is 20.4. The van der Waals surface area contributed by atoms with Crippen molar-refractivity contribution in [1.29, 1.82) is 0 Å². The zero-order valence-electron chi connectivity index (χ0n) is 16.4. The Balaban J connectivity index is 1.67. The maximum absolute atomic E-state index is 13.7. The van der Waals surface area contributed by atoms with E-state index in [0.29, 0.717) is 5.56 Å². The van der Waals surface area contributed by atoms with Gasteiger partial charge in [-0.1, -0.05) is 48.5 Å². The molecule has 1 aliphatic rings. The van der Waals surface area contributed by atoms with Gasteiger partial charge in [0, 0.05) is 12.6 Å². The highest BCUT2D eigenvalue weighted by Crippen LogP contribution is 2.31. The molecular weight excluding hydrogens is 387 g/mol. The number of hydrogen-bond donors (Lipinski definition) is 1. The van der Waals surface area contributed by atoms with Crippen molar-refractivity contribution in [2.45, 2.75) is 30.7 Å². The van der Waals surface area contributed by atoms with Gasteiger partial charge in [-0.25, -0.2) is 17.5 Å². The van der Waals surface area contributed by atoms with Crippen molar-refractivity contribution in [3.8, 4) is 0 Å². The Morgan fingerprint density at radius 2 is 1.76 bits per heavy atom. The number of sulfonamides is 1. The molecule has 0 unspecified atom stereocenters. The number of halogens is 1. The monoisotopic (exact) mass is 412 g/mol. The summed E-state index contributed by atoms with van der Waals surface area (Å²) in [6.45, 7) is 3.80. The van der Waals surface area contributed by atoms with E-state index in [0.717, 1.165) is 48.3 Å². The van der Waals surface area contributed by atoms with Crippen molar-refractivity contribution in [1.82, 2.24) is 9.62 Å². The summed E-state index contributed by atoms with van der Waals surface area (Å²) in [6.07, 6.45) is 2.22.